The van der Waals surface area contributed by atoms with E-state index >= 15 is 0 Å². The Kier molecular flexibility index (Phi) is 4.47. The van der Waals surface area contributed by atoms with E-state index in [1.54, 1.807) is 7.11 Å². The zero-order valence-electron chi connectivity index (χ0n) is 11.1. The Morgan fingerprint density at radius 2 is 2.32 bits per heavy atom. The van der Waals surface area contributed by atoms with Crippen molar-refractivity contribution in [2.75, 3.05) is 20.2 Å². The molecule has 4 nitrogen and oxygen atoms in total. The number of ether oxygens (including phenoxy) is 1. The fourth-order valence-electron chi connectivity index (χ4n) is 2.51. The van der Waals surface area contributed by atoms with Gasteiger partial charge in [0.15, 0.2) is 0 Å². The van der Waals surface area contributed by atoms with Gasteiger partial charge in [0.2, 0.25) is 0 Å². The first-order valence-electron chi connectivity index (χ1n) is 6.33. The van der Waals surface area contributed by atoms with E-state index < -0.39 is 5.97 Å². The molecule has 0 bridgehead atoms. The van der Waals surface area contributed by atoms with Crippen molar-refractivity contribution < 1.29 is 14.6 Å². The van der Waals surface area contributed by atoms with Crippen LogP contribution in [-0.4, -0.2) is 36.2 Å². The zero-order chi connectivity index (χ0) is 14.0. The molecule has 1 saturated heterocycles. The van der Waals surface area contributed by atoms with E-state index in [4.69, 9.17) is 9.84 Å². The molecule has 5 heteroatoms. The second-order valence-corrected chi connectivity index (χ2v) is 5.74. The molecule has 1 N–H and O–H groups in total. The van der Waals surface area contributed by atoms with Crippen LogP contribution in [0, 0.1) is 5.92 Å². The summed E-state index contributed by atoms with van der Waals surface area (Å²) in [7, 11) is 1.64. The molecule has 0 amide bonds. The van der Waals surface area contributed by atoms with Gasteiger partial charge in [-0.25, -0.2) is 0 Å². The van der Waals surface area contributed by atoms with Crippen molar-refractivity contribution in [1.29, 1.82) is 0 Å². The molecule has 2 rings (SSSR count). The van der Waals surface area contributed by atoms with Crippen molar-refractivity contribution in [1.82, 2.24) is 4.90 Å². The van der Waals surface area contributed by atoms with E-state index in [1.807, 2.05) is 18.2 Å². The van der Waals surface area contributed by atoms with Gasteiger partial charge in [0, 0.05) is 17.1 Å². The first-order valence-corrected chi connectivity index (χ1v) is 7.12. The lowest BCUT2D eigenvalue weighted by Gasteiger charge is -2.25. The Morgan fingerprint density at radius 1 is 1.58 bits per heavy atom. The molecule has 2 unspecified atom stereocenters. The van der Waals surface area contributed by atoms with Gasteiger partial charge < -0.3 is 9.84 Å². The highest BCUT2D eigenvalue weighted by Crippen LogP contribution is 2.33. The number of carbonyl (C=O) groups is 1. The molecule has 2 atom stereocenters. The summed E-state index contributed by atoms with van der Waals surface area (Å²) in [5.41, 5.74) is 1.16. The number of likely N-dealkylation sites (tertiary alicyclic amines) is 1. The molecule has 0 saturated carbocycles. The van der Waals surface area contributed by atoms with Crippen LogP contribution in [0.3, 0.4) is 0 Å². The number of hydrogen-bond donors (Lipinski definition) is 1. The van der Waals surface area contributed by atoms with Crippen LogP contribution in [0.4, 0.5) is 0 Å². The smallest absolute Gasteiger partial charge is 0.307 e. The van der Waals surface area contributed by atoms with E-state index in [1.165, 1.54) is 0 Å². The van der Waals surface area contributed by atoms with Crippen LogP contribution in [0.15, 0.2) is 22.7 Å². The van der Waals surface area contributed by atoms with Gasteiger partial charge in [-0.2, -0.15) is 0 Å². The third kappa shape index (κ3) is 3.09. The van der Waals surface area contributed by atoms with Crippen molar-refractivity contribution in [3.05, 3.63) is 28.2 Å². The third-order valence-electron chi connectivity index (χ3n) is 3.77. The number of benzene rings is 1. The molecule has 0 aromatic heterocycles. The minimum Gasteiger partial charge on any atom is -0.497 e. The summed E-state index contributed by atoms with van der Waals surface area (Å²) in [6.45, 7) is 3.56. The topological polar surface area (TPSA) is 49.8 Å². The molecule has 19 heavy (non-hydrogen) atoms. The molecular formula is C14H18BrNO3. The molecule has 1 aliphatic rings. The first-order chi connectivity index (χ1) is 9.02. The van der Waals surface area contributed by atoms with Gasteiger partial charge in [-0.15, -0.1) is 0 Å². The van der Waals surface area contributed by atoms with E-state index in [0.717, 1.165) is 28.8 Å². The summed E-state index contributed by atoms with van der Waals surface area (Å²) < 4.78 is 6.18. The largest absolute Gasteiger partial charge is 0.497 e. The molecule has 0 spiro atoms. The average Bonchev–Trinajstić information content (AvgIpc) is 2.87. The number of carboxylic acids is 1. The number of nitrogens with zero attached hydrogens (tertiary/aromatic N) is 1. The van der Waals surface area contributed by atoms with Gasteiger partial charge in [0.05, 0.1) is 13.0 Å². The number of methoxy groups -OCH3 is 1. The molecule has 104 valence electrons. The first kappa shape index (κ1) is 14.3. The van der Waals surface area contributed by atoms with Crippen LogP contribution >= 0.6 is 15.9 Å². The maximum Gasteiger partial charge on any atom is 0.307 e. The Balaban J connectivity index is 2.12. The Hall–Kier alpha value is -1.07. The fourth-order valence-corrected chi connectivity index (χ4v) is 3.20. The zero-order valence-corrected chi connectivity index (χ0v) is 12.7. The molecular weight excluding hydrogens is 310 g/mol. The summed E-state index contributed by atoms with van der Waals surface area (Å²) in [5.74, 6) is -0.115. The minimum absolute atomic E-state index is 0.199. The van der Waals surface area contributed by atoms with E-state index in [-0.39, 0.29) is 12.0 Å². The maximum atomic E-state index is 11.0. The fraction of sp³-hybridized carbons (Fsp3) is 0.500. The quantitative estimate of drug-likeness (QED) is 0.923. The second-order valence-electron chi connectivity index (χ2n) is 4.88. The Labute approximate surface area is 121 Å². The summed E-state index contributed by atoms with van der Waals surface area (Å²) in [5, 5.41) is 9.05. The van der Waals surface area contributed by atoms with Crippen molar-refractivity contribution >= 4 is 21.9 Å². The Morgan fingerprint density at radius 3 is 2.84 bits per heavy atom. The molecule has 0 aliphatic carbocycles. The van der Waals surface area contributed by atoms with E-state index in [9.17, 15) is 4.79 Å². The van der Waals surface area contributed by atoms with Gasteiger partial charge in [-0.3, -0.25) is 9.69 Å². The lowest BCUT2D eigenvalue weighted by atomic mass is 10.1. The maximum absolute atomic E-state index is 11.0. The van der Waals surface area contributed by atoms with Crippen molar-refractivity contribution in [3.8, 4) is 5.75 Å². The van der Waals surface area contributed by atoms with Gasteiger partial charge in [0.25, 0.3) is 0 Å². The van der Waals surface area contributed by atoms with Crippen LogP contribution < -0.4 is 4.74 Å². The predicted octanol–water partition coefficient (Wildman–Crippen LogP) is 2.93. The molecule has 1 aliphatic heterocycles. The number of halogens is 1. The summed E-state index contributed by atoms with van der Waals surface area (Å²) in [6.07, 6.45) is 0.730. The van der Waals surface area contributed by atoms with Crippen LogP contribution in [0.2, 0.25) is 0 Å². The highest BCUT2D eigenvalue weighted by molar-refractivity contribution is 9.10. The predicted molar refractivity (Wildman–Crippen MR) is 76.4 cm³/mol. The van der Waals surface area contributed by atoms with Crippen molar-refractivity contribution in [3.63, 3.8) is 0 Å². The van der Waals surface area contributed by atoms with Crippen LogP contribution in [0.1, 0.15) is 24.9 Å². The molecule has 0 radical (unpaired) electrons. The van der Waals surface area contributed by atoms with Gasteiger partial charge >= 0.3 is 5.97 Å². The minimum atomic E-state index is -0.691. The lowest BCUT2D eigenvalue weighted by Crippen LogP contribution is -2.26. The van der Waals surface area contributed by atoms with E-state index in [0.29, 0.717) is 6.54 Å². The molecule has 1 aromatic carbocycles. The van der Waals surface area contributed by atoms with E-state index in [2.05, 4.69) is 27.8 Å². The summed E-state index contributed by atoms with van der Waals surface area (Å²) >= 11 is 3.56. The number of carboxylic acid groups (broad SMARTS) is 1. The third-order valence-corrected chi connectivity index (χ3v) is 4.46. The summed E-state index contributed by atoms with van der Waals surface area (Å²) in [6, 6.07) is 6.10. The lowest BCUT2D eigenvalue weighted by molar-refractivity contribution is -0.141. The highest BCUT2D eigenvalue weighted by atomic mass is 79.9. The summed E-state index contributed by atoms with van der Waals surface area (Å²) in [4.78, 5) is 13.2. The number of aliphatic carboxylic acids is 1. The van der Waals surface area contributed by atoms with Crippen molar-refractivity contribution in [2.24, 2.45) is 5.92 Å². The molecule has 1 heterocycles. The second kappa shape index (κ2) is 5.92. The molecule has 1 fully saturated rings. The number of hydrogen-bond acceptors (Lipinski definition) is 3. The standard InChI is InChI=1S/C14H18BrNO3/c1-9(16-6-5-10(8-16)14(17)18)12-4-3-11(19-2)7-13(12)15/h3-4,7,9-10H,5-6,8H2,1-2H3,(H,17,18). The normalized spacial score (nSPS) is 21.3. The van der Waals surface area contributed by atoms with Crippen LogP contribution in [0.25, 0.3) is 0 Å². The van der Waals surface area contributed by atoms with Crippen LogP contribution in [-0.2, 0) is 4.79 Å². The molecule has 1 aromatic rings. The SMILES string of the molecule is COc1ccc(C(C)N2CCC(C(=O)O)C2)c(Br)c1. The highest BCUT2D eigenvalue weighted by Gasteiger charge is 2.31. The van der Waals surface area contributed by atoms with Crippen LogP contribution in [0.5, 0.6) is 5.75 Å². The average molecular weight is 328 g/mol. The van der Waals surface area contributed by atoms with Gasteiger partial charge in [-0.05, 0) is 37.6 Å². The Bertz CT molecular complexity index is 478. The van der Waals surface area contributed by atoms with Gasteiger partial charge in [0.1, 0.15) is 5.75 Å². The van der Waals surface area contributed by atoms with Gasteiger partial charge in [-0.1, -0.05) is 22.0 Å². The monoisotopic (exact) mass is 327 g/mol. The van der Waals surface area contributed by atoms with Crippen molar-refractivity contribution in [2.45, 2.75) is 19.4 Å². The number of rotatable bonds is 4.